The molecule has 0 aliphatic heterocycles. The molecule has 0 saturated carbocycles. The van der Waals surface area contributed by atoms with Crippen LogP contribution in [-0.2, 0) is 4.74 Å². The molecule has 0 bridgehead atoms. The van der Waals surface area contributed by atoms with Crippen LogP contribution in [0.5, 0.6) is 5.75 Å². The van der Waals surface area contributed by atoms with Gasteiger partial charge in [0.05, 0.1) is 31.0 Å². The Morgan fingerprint density at radius 3 is 2.52 bits per heavy atom. The fraction of sp³-hybridized carbons (Fsp3) is 0.105. The van der Waals surface area contributed by atoms with E-state index in [1.807, 2.05) is 5.38 Å². The van der Waals surface area contributed by atoms with Crippen molar-refractivity contribution < 1.29 is 19.1 Å². The summed E-state index contributed by atoms with van der Waals surface area (Å²) in [6.07, 6.45) is 0. The van der Waals surface area contributed by atoms with Crippen LogP contribution >= 0.6 is 27.3 Å². The second-order valence-electron chi connectivity index (χ2n) is 5.41. The molecule has 0 unspecified atom stereocenters. The SMILES string of the molecule is COC(=O)c1ccc(-c2csc(NC(=O)c3cc(OC)ccc3Br)n2)cc1. The van der Waals surface area contributed by atoms with Crippen LogP contribution in [0.15, 0.2) is 52.3 Å². The second-order valence-corrected chi connectivity index (χ2v) is 7.12. The molecule has 1 aromatic heterocycles. The number of ether oxygens (including phenoxy) is 2. The molecule has 1 N–H and O–H groups in total. The molecule has 1 heterocycles. The van der Waals surface area contributed by atoms with Crippen LogP contribution in [0.4, 0.5) is 5.13 Å². The van der Waals surface area contributed by atoms with Crippen molar-refractivity contribution in [3.8, 4) is 17.0 Å². The van der Waals surface area contributed by atoms with Crippen LogP contribution in [0.3, 0.4) is 0 Å². The number of carbonyl (C=O) groups is 2. The maximum absolute atomic E-state index is 12.5. The minimum atomic E-state index is -0.392. The second kappa shape index (κ2) is 8.32. The van der Waals surface area contributed by atoms with Gasteiger partial charge >= 0.3 is 5.97 Å². The number of hydrogen-bond acceptors (Lipinski definition) is 6. The summed E-state index contributed by atoms with van der Waals surface area (Å²) in [6.45, 7) is 0. The molecule has 0 atom stereocenters. The molecule has 27 heavy (non-hydrogen) atoms. The summed E-state index contributed by atoms with van der Waals surface area (Å²) in [5, 5.41) is 5.10. The lowest BCUT2D eigenvalue weighted by Gasteiger charge is -2.06. The van der Waals surface area contributed by atoms with E-state index >= 15 is 0 Å². The minimum absolute atomic E-state index is 0.289. The lowest BCUT2D eigenvalue weighted by Crippen LogP contribution is -2.12. The molecular weight excluding hydrogens is 432 g/mol. The van der Waals surface area contributed by atoms with Crippen molar-refractivity contribution in [3.05, 3.63) is 63.4 Å². The number of esters is 1. The number of methoxy groups -OCH3 is 2. The van der Waals surface area contributed by atoms with Crippen molar-refractivity contribution in [2.24, 2.45) is 0 Å². The third-order valence-electron chi connectivity index (χ3n) is 3.74. The van der Waals surface area contributed by atoms with E-state index in [2.05, 4.69) is 31.0 Å². The normalized spacial score (nSPS) is 10.3. The van der Waals surface area contributed by atoms with E-state index in [1.54, 1.807) is 49.6 Å². The first kappa shape index (κ1) is 19.1. The van der Waals surface area contributed by atoms with Gasteiger partial charge in [-0.2, -0.15) is 0 Å². The Hall–Kier alpha value is -2.71. The first-order valence-corrected chi connectivity index (χ1v) is 9.48. The molecule has 8 heteroatoms. The Morgan fingerprint density at radius 2 is 1.85 bits per heavy atom. The standard InChI is InChI=1S/C19H15BrN2O4S/c1-25-13-7-8-15(20)14(9-13)17(23)22-19-21-16(10-27-19)11-3-5-12(6-4-11)18(24)26-2/h3-10H,1-2H3,(H,21,22,23). The topological polar surface area (TPSA) is 77.5 Å². The number of anilines is 1. The summed E-state index contributed by atoms with van der Waals surface area (Å²) >= 11 is 4.69. The number of rotatable bonds is 5. The van der Waals surface area contributed by atoms with Gasteiger partial charge in [0, 0.05) is 15.4 Å². The fourth-order valence-electron chi connectivity index (χ4n) is 2.33. The van der Waals surface area contributed by atoms with Crippen molar-refractivity contribution in [2.45, 2.75) is 0 Å². The van der Waals surface area contributed by atoms with Gasteiger partial charge in [-0.15, -0.1) is 11.3 Å². The highest BCUT2D eigenvalue weighted by atomic mass is 79.9. The van der Waals surface area contributed by atoms with Crippen LogP contribution in [0.2, 0.25) is 0 Å². The zero-order chi connectivity index (χ0) is 19.4. The first-order chi connectivity index (χ1) is 13.0. The van der Waals surface area contributed by atoms with Gasteiger partial charge in [-0.05, 0) is 46.3 Å². The summed E-state index contributed by atoms with van der Waals surface area (Å²) < 4.78 is 10.5. The van der Waals surface area contributed by atoms with E-state index in [4.69, 9.17) is 4.74 Å². The van der Waals surface area contributed by atoms with Gasteiger partial charge in [0.25, 0.3) is 5.91 Å². The van der Waals surface area contributed by atoms with Crippen LogP contribution < -0.4 is 10.1 Å². The van der Waals surface area contributed by atoms with Gasteiger partial charge < -0.3 is 9.47 Å². The molecule has 2 aromatic carbocycles. The third kappa shape index (κ3) is 4.35. The quantitative estimate of drug-likeness (QED) is 0.578. The van der Waals surface area contributed by atoms with Crippen molar-refractivity contribution in [1.29, 1.82) is 0 Å². The number of nitrogens with one attached hydrogen (secondary N) is 1. The Balaban J connectivity index is 1.76. The Morgan fingerprint density at radius 1 is 1.11 bits per heavy atom. The molecule has 6 nitrogen and oxygen atoms in total. The molecular formula is C19H15BrN2O4S. The Labute approximate surface area is 168 Å². The predicted molar refractivity (Wildman–Crippen MR) is 108 cm³/mol. The number of halogens is 1. The molecule has 0 radical (unpaired) electrons. The van der Waals surface area contributed by atoms with Crippen LogP contribution in [-0.4, -0.2) is 31.1 Å². The number of benzene rings is 2. The Kier molecular flexibility index (Phi) is 5.88. The molecule has 0 fully saturated rings. The van der Waals surface area contributed by atoms with Crippen molar-refractivity contribution in [2.75, 3.05) is 19.5 Å². The predicted octanol–water partition coefficient (Wildman–Crippen LogP) is 4.62. The van der Waals surface area contributed by atoms with Gasteiger partial charge in [-0.1, -0.05) is 12.1 Å². The van der Waals surface area contributed by atoms with Gasteiger partial charge in [-0.3, -0.25) is 10.1 Å². The first-order valence-electron chi connectivity index (χ1n) is 7.81. The van der Waals surface area contributed by atoms with E-state index < -0.39 is 5.97 Å². The van der Waals surface area contributed by atoms with E-state index in [9.17, 15) is 9.59 Å². The highest BCUT2D eigenvalue weighted by Crippen LogP contribution is 2.27. The lowest BCUT2D eigenvalue weighted by atomic mass is 10.1. The summed E-state index contributed by atoms with van der Waals surface area (Å²) in [5.41, 5.74) is 2.46. The summed E-state index contributed by atoms with van der Waals surface area (Å²) in [6, 6.07) is 12.1. The molecule has 0 saturated heterocycles. The van der Waals surface area contributed by atoms with Gasteiger partial charge in [0.15, 0.2) is 5.13 Å². The number of hydrogen-bond donors (Lipinski definition) is 1. The number of nitrogens with zero attached hydrogens (tertiary/aromatic N) is 1. The average Bonchev–Trinajstić information content (AvgIpc) is 3.16. The van der Waals surface area contributed by atoms with Crippen molar-refractivity contribution in [1.82, 2.24) is 4.98 Å². The molecule has 0 aliphatic rings. The molecule has 0 aliphatic carbocycles. The molecule has 3 aromatic rings. The number of aromatic nitrogens is 1. The molecule has 138 valence electrons. The van der Waals surface area contributed by atoms with Gasteiger partial charge in [0.2, 0.25) is 0 Å². The smallest absolute Gasteiger partial charge is 0.337 e. The van der Waals surface area contributed by atoms with Gasteiger partial charge in [-0.25, -0.2) is 9.78 Å². The summed E-state index contributed by atoms with van der Waals surface area (Å²) in [4.78, 5) is 28.5. The lowest BCUT2D eigenvalue weighted by molar-refractivity contribution is 0.0600. The average molecular weight is 447 g/mol. The van der Waals surface area contributed by atoms with E-state index in [1.165, 1.54) is 18.4 Å². The number of thiazole rings is 1. The number of carbonyl (C=O) groups excluding carboxylic acids is 2. The zero-order valence-electron chi connectivity index (χ0n) is 14.5. The van der Waals surface area contributed by atoms with Crippen molar-refractivity contribution >= 4 is 44.3 Å². The third-order valence-corrected chi connectivity index (χ3v) is 5.19. The van der Waals surface area contributed by atoms with Crippen LogP contribution in [0.25, 0.3) is 11.3 Å². The molecule has 3 rings (SSSR count). The fourth-order valence-corrected chi connectivity index (χ4v) is 3.47. The van der Waals surface area contributed by atoms with E-state index in [0.717, 1.165) is 5.56 Å². The van der Waals surface area contributed by atoms with E-state index in [0.29, 0.717) is 32.2 Å². The molecule has 0 spiro atoms. The summed E-state index contributed by atoms with van der Waals surface area (Å²) in [7, 11) is 2.88. The number of amides is 1. The molecule has 1 amide bonds. The maximum Gasteiger partial charge on any atom is 0.337 e. The van der Waals surface area contributed by atoms with Gasteiger partial charge in [0.1, 0.15) is 5.75 Å². The van der Waals surface area contributed by atoms with Crippen LogP contribution in [0.1, 0.15) is 20.7 Å². The van der Waals surface area contributed by atoms with Crippen LogP contribution in [0, 0.1) is 0 Å². The maximum atomic E-state index is 12.5. The minimum Gasteiger partial charge on any atom is -0.497 e. The monoisotopic (exact) mass is 446 g/mol. The highest BCUT2D eigenvalue weighted by molar-refractivity contribution is 9.10. The van der Waals surface area contributed by atoms with Crippen molar-refractivity contribution in [3.63, 3.8) is 0 Å². The summed E-state index contributed by atoms with van der Waals surface area (Å²) in [5.74, 6) is -0.0896. The zero-order valence-corrected chi connectivity index (χ0v) is 16.9. The Bertz CT molecular complexity index is 986. The highest BCUT2D eigenvalue weighted by Gasteiger charge is 2.14. The largest absolute Gasteiger partial charge is 0.497 e. The van der Waals surface area contributed by atoms with E-state index in [-0.39, 0.29) is 5.91 Å².